The molecule has 0 rings (SSSR count). The third-order valence-corrected chi connectivity index (χ3v) is 13.4. The van der Waals surface area contributed by atoms with Gasteiger partial charge in [0.1, 0.15) is 0 Å². The van der Waals surface area contributed by atoms with Gasteiger partial charge in [0, 0.05) is 13.2 Å². The maximum Gasteiger partial charge on any atom is 0.329 e. The third kappa shape index (κ3) is 7.41. The van der Waals surface area contributed by atoms with Crippen LogP contribution in [0.1, 0.15) is 67.2 Å². The Morgan fingerprint density at radius 1 is 0.524 bits per heavy atom. The molecule has 5 heteroatoms. The van der Waals surface area contributed by atoms with E-state index in [0.29, 0.717) is 0 Å². The fourth-order valence-corrected chi connectivity index (χ4v) is 13.2. The summed E-state index contributed by atoms with van der Waals surface area (Å²) in [7, 11) is -4.21. The molecule has 0 bridgehead atoms. The van der Waals surface area contributed by atoms with Crippen LogP contribution in [0.2, 0.25) is 24.2 Å². The highest BCUT2D eigenvalue weighted by molar-refractivity contribution is 6.81. The Balaban J connectivity index is 5.30. The molecular weight excluding hydrogens is 296 g/mol. The van der Waals surface area contributed by atoms with Crippen molar-refractivity contribution in [3.63, 3.8) is 0 Å². The van der Waals surface area contributed by atoms with Gasteiger partial charge in [-0.1, -0.05) is 53.4 Å². The standard InChI is InChI=1S/C16H38O3Si2/c1-7-13-20(14-8-2,17-11-5)19-21(15-9-3,16-10-4)18-12-6/h7-16H2,1-6H3. The van der Waals surface area contributed by atoms with Crippen molar-refractivity contribution in [2.45, 2.75) is 91.4 Å². The first-order valence-electron chi connectivity index (χ1n) is 9.05. The maximum atomic E-state index is 6.90. The summed E-state index contributed by atoms with van der Waals surface area (Å²) in [6.45, 7) is 14.7. The Morgan fingerprint density at radius 3 is 1.00 bits per heavy atom. The molecule has 0 heterocycles. The lowest BCUT2D eigenvalue weighted by molar-refractivity contribution is 0.189. The van der Waals surface area contributed by atoms with Gasteiger partial charge in [-0.3, -0.25) is 0 Å². The van der Waals surface area contributed by atoms with Crippen molar-refractivity contribution in [2.24, 2.45) is 0 Å². The van der Waals surface area contributed by atoms with Gasteiger partial charge in [-0.05, 0) is 38.0 Å². The van der Waals surface area contributed by atoms with Crippen LogP contribution in [0.25, 0.3) is 0 Å². The molecule has 0 saturated heterocycles. The minimum Gasteiger partial charge on any atom is -0.414 e. The molecule has 0 N–H and O–H groups in total. The summed E-state index contributed by atoms with van der Waals surface area (Å²) >= 11 is 0. The van der Waals surface area contributed by atoms with Crippen LogP contribution in [0, 0.1) is 0 Å². The van der Waals surface area contributed by atoms with E-state index in [2.05, 4.69) is 41.5 Å². The fraction of sp³-hybridized carbons (Fsp3) is 1.00. The zero-order valence-corrected chi connectivity index (χ0v) is 17.3. The van der Waals surface area contributed by atoms with Gasteiger partial charge >= 0.3 is 17.1 Å². The highest BCUT2D eigenvalue weighted by Gasteiger charge is 2.46. The first-order valence-corrected chi connectivity index (χ1v) is 13.5. The van der Waals surface area contributed by atoms with Crippen LogP contribution in [-0.4, -0.2) is 30.3 Å². The van der Waals surface area contributed by atoms with Gasteiger partial charge in [-0.25, -0.2) is 0 Å². The van der Waals surface area contributed by atoms with E-state index in [1.54, 1.807) is 0 Å². The van der Waals surface area contributed by atoms with Gasteiger partial charge in [-0.2, -0.15) is 0 Å². The van der Waals surface area contributed by atoms with Crippen LogP contribution in [0.5, 0.6) is 0 Å². The summed E-state index contributed by atoms with van der Waals surface area (Å²) < 4.78 is 19.5. The second-order valence-corrected chi connectivity index (χ2v) is 12.8. The minimum atomic E-state index is -2.11. The van der Waals surface area contributed by atoms with E-state index >= 15 is 0 Å². The van der Waals surface area contributed by atoms with Crippen molar-refractivity contribution in [3.8, 4) is 0 Å². The van der Waals surface area contributed by atoms with Gasteiger partial charge in [0.2, 0.25) is 0 Å². The number of hydrogen-bond acceptors (Lipinski definition) is 3. The molecular formula is C16H38O3Si2. The summed E-state index contributed by atoms with van der Waals surface area (Å²) in [4.78, 5) is 0. The molecule has 0 fully saturated rings. The first kappa shape index (κ1) is 21.3. The smallest absolute Gasteiger partial charge is 0.329 e. The largest absolute Gasteiger partial charge is 0.414 e. The Labute approximate surface area is 135 Å². The van der Waals surface area contributed by atoms with Crippen molar-refractivity contribution in [2.75, 3.05) is 13.2 Å². The maximum absolute atomic E-state index is 6.90. The molecule has 0 amide bonds. The van der Waals surface area contributed by atoms with E-state index in [1.807, 2.05) is 0 Å². The Bertz CT molecular complexity index is 192. The van der Waals surface area contributed by atoms with Crippen molar-refractivity contribution < 1.29 is 13.0 Å². The second-order valence-electron chi connectivity index (χ2n) is 5.79. The lowest BCUT2D eigenvalue weighted by atomic mass is 10.6. The molecule has 128 valence electrons. The van der Waals surface area contributed by atoms with Crippen LogP contribution in [0.4, 0.5) is 0 Å². The molecule has 0 aliphatic rings. The first-order chi connectivity index (χ1) is 10.1. The Hall–Kier alpha value is 0.314. The highest BCUT2D eigenvalue weighted by Crippen LogP contribution is 2.32. The number of rotatable bonds is 14. The van der Waals surface area contributed by atoms with Crippen LogP contribution in [0.3, 0.4) is 0 Å². The molecule has 21 heavy (non-hydrogen) atoms. The molecule has 0 unspecified atom stereocenters. The SMILES string of the molecule is CCC[Si](CCC)(OCC)O[Si](CCC)(CCC)OCC. The summed E-state index contributed by atoms with van der Waals surface area (Å²) in [6, 6.07) is 4.40. The predicted octanol–water partition coefficient (Wildman–Crippen LogP) is 5.60. The minimum absolute atomic E-state index is 0.765. The molecule has 0 atom stereocenters. The van der Waals surface area contributed by atoms with Crippen molar-refractivity contribution >= 4 is 17.1 Å². The predicted molar refractivity (Wildman–Crippen MR) is 96.2 cm³/mol. The van der Waals surface area contributed by atoms with Gasteiger partial charge in [-0.15, -0.1) is 0 Å². The van der Waals surface area contributed by atoms with Crippen LogP contribution in [-0.2, 0) is 13.0 Å². The summed E-state index contributed by atoms with van der Waals surface area (Å²) in [5, 5.41) is 0. The van der Waals surface area contributed by atoms with E-state index in [-0.39, 0.29) is 0 Å². The Kier molecular flexibility index (Phi) is 12.0. The van der Waals surface area contributed by atoms with Crippen LogP contribution >= 0.6 is 0 Å². The average molecular weight is 335 g/mol. The summed E-state index contributed by atoms with van der Waals surface area (Å²) in [5.41, 5.74) is 0. The van der Waals surface area contributed by atoms with Crippen LogP contribution in [0.15, 0.2) is 0 Å². The lowest BCUT2D eigenvalue weighted by Gasteiger charge is -2.40. The molecule has 0 saturated carbocycles. The van der Waals surface area contributed by atoms with E-state index in [1.165, 1.54) is 0 Å². The van der Waals surface area contributed by atoms with Crippen molar-refractivity contribution in [1.82, 2.24) is 0 Å². The zero-order valence-electron chi connectivity index (χ0n) is 15.3. The van der Waals surface area contributed by atoms with E-state index < -0.39 is 17.1 Å². The second kappa shape index (κ2) is 11.8. The topological polar surface area (TPSA) is 27.7 Å². The quantitative estimate of drug-likeness (QED) is 0.387. The Morgan fingerprint density at radius 2 is 0.810 bits per heavy atom. The molecule has 0 aromatic carbocycles. The summed E-state index contributed by atoms with van der Waals surface area (Å²) in [6.07, 6.45) is 4.56. The monoisotopic (exact) mass is 334 g/mol. The molecule has 0 aromatic rings. The lowest BCUT2D eigenvalue weighted by Crippen LogP contribution is -2.55. The van der Waals surface area contributed by atoms with Gasteiger partial charge in [0.15, 0.2) is 0 Å². The third-order valence-electron chi connectivity index (χ3n) is 3.71. The highest BCUT2D eigenvalue weighted by atomic mass is 28.5. The molecule has 0 aliphatic carbocycles. The van der Waals surface area contributed by atoms with E-state index in [0.717, 1.165) is 63.1 Å². The van der Waals surface area contributed by atoms with Gasteiger partial charge in [0.25, 0.3) is 0 Å². The average Bonchev–Trinajstić information content (AvgIpc) is 2.40. The van der Waals surface area contributed by atoms with Crippen LogP contribution < -0.4 is 0 Å². The van der Waals surface area contributed by atoms with E-state index in [9.17, 15) is 0 Å². The molecule has 3 nitrogen and oxygen atoms in total. The molecule has 0 spiro atoms. The van der Waals surface area contributed by atoms with Gasteiger partial charge in [0.05, 0.1) is 0 Å². The molecule has 0 aliphatic heterocycles. The molecule has 0 radical (unpaired) electrons. The molecule has 0 aromatic heterocycles. The summed E-state index contributed by atoms with van der Waals surface area (Å²) in [5.74, 6) is 0. The number of hydrogen-bond donors (Lipinski definition) is 0. The normalized spacial score (nSPS) is 12.9. The fourth-order valence-electron chi connectivity index (χ4n) is 3.19. The van der Waals surface area contributed by atoms with Crippen molar-refractivity contribution in [1.29, 1.82) is 0 Å². The van der Waals surface area contributed by atoms with E-state index in [4.69, 9.17) is 13.0 Å². The zero-order chi connectivity index (χ0) is 16.2. The van der Waals surface area contributed by atoms with Gasteiger partial charge < -0.3 is 13.0 Å². The van der Waals surface area contributed by atoms with Crippen molar-refractivity contribution in [3.05, 3.63) is 0 Å².